The van der Waals surface area contributed by atoms with E-state index in [1.807, 2.05) is 26.0 Å². The summed E-state index contributed by atoms with van der Waals surface area (Å²) in [5, 5.41) is 11.0. The standard InChI is InChI=1S/C24H29N5O5/c1-5-12-26-19-18(22(32)27(13-6-2)24(26)33)29-21(31)17(7-3)20(30)28(23(29)25-19)14-15-8-10-16(34-4)11-9-15/h8-11,30H,5-7,12-14H2,1-4H3. The van der Waals surface area contributed by atoms with Crippen molar-refractivity contribution in [1.29, 1.82) is 0 Å². The lowest BCUT2D eigenvalue weighted by Gasteiger charge is -2.14. The van der Waals surface area contributed by atoms with E-state index in [4.69, 9.17) is 4.74 Å². The van der Waals surface area contributed by atoms with Gasteiger partial charge in [-0.15, -0.1) is 0 Å². The first-order chi connectivity index (χ1) is 16.4. The summed E-state index contributed by atoms with van der Waals surface area (Å²) >= 11 is 0. The van der Waals surface area contributed by atoms with Gasteiger partial charge >= 0.3 is 5.69 Å². The molecule has 0 radical (unpaired) electrons. The predicted octanol–water partition coefficient (Wildman–Crippen LogP) is 2.12. The first kappa shape index (κ1) is 23.3. The van der Waals surface area contributed by atoms with Crippen molar-refractivity contribution >= 4 is 16.9 Å². The van der Waals surface area contributed by atoms with Crippen LogP contribution in [0.3, 0.4) is 0 Å². The number of imidazole rings is 1. The fourth-order valence-corrected chi connectivity index (χ4v) is 4.30. The normalized spacial score (nSPS) is 11.5. The van der Waals surface area contributed by atoms with Crippen molar-refractivity contribution in [2.75, 3.05) is 7.11 Å². The van der Waals surface area contributed by atoms with Gasteiger partial charge in [-0.3, -0.25) is 23.3 Å². The second kappa shape index (κ2) is 9.20. The van der Waals surface area contributed by atoms with Gasteiger partial charge in [0.2, 0.25) is 11.7 Å². The largest absolute Gasteiger partial charge is 0.497 e. The van der Waals surface area contributed by atoms with Gasteiger partial charge in [0.25, 0.3) is 11.1 Å². The average Bonchev–Trinajstić information content (AvgIpc) is 3.24. The summed E-state index contributed by atoms with van der Waals surface area (Å²) in [5.74, 6) is 0.601. The van der Waals surface area contributed by atoms with Gasteiger partial charge in [0.15, 0.2) is 11.2 Å². The monoisotopic (exact) mass is 467 g/mol. The molecule has 3 aromatic heterocycles. The number of nitrogens with zero attached hydrogens (tertiary/aromatic N) is 5. The van der Waals surface area contributed by atoms with Crippen molar-refractivity contribution in [3.63, 3.8) is 0 Å². The molecule has 4 rings (SSSR count). The Morgan fingerprint density at radius 3 is 2.15 bits per heavy atom. The zero-order valence-electron chi connectivity index (χ0n) is 19.9. The number of aromatic nitrogens is 5. The molecule has 0 amide bonds. The van der Waals surface area contributed by atoms with E-state index in [0.29, 0.717) is 25.1 Å². The van der Waals surface area contributed by atoms with E-state index in [-0.39, 0.29) is 47.9 Å². The van der Waals surface area contributed by atoms with Gasteiger partial charge in [0, 0.05) is 13.1 Å². The van der Waals surface area contributed by atoms with Crippen LogP contribution in [-0.4, -0.2) is 35.3 Å². The quantitative estimate of drug-likeness (QED) is 0.425. The number of rotatable bonds is 8. The molecule has 180 valence electrons. The van der Waals surface area contributed by atoms with Crippen LogP contribution < -0.4 is 21.5 Å². The Kier molecular flexibility index (Phi) is 6.32. The van der Waals surface area contributed by atoms with Crippen molar-refractivity contribution in [2.24, 2.45) is 0 Å². The highest BCUT2D eigenvalue weighted by molar-refractivity contribution is 5.75. The molecule has 0 fully saturated rings. The molecule has 0 saturated carbocycles. The van der Waals surface area contributed by atoms with E-state index in [0.717, 1.165) is 10.1 Å². The second-order valence-electron chi connectivity index (χ2n) is 8.21. The molecule has 0 saturated heterocycles. The Bertz CT molecular complexity index is 1540. The van der Waals surface area contributed by atoms with Gasteiger partial charge < -0.3 is 9.84 Å². The molecule has 3 heterocycles. The molecule has 0 spiro atoms. The Morgan fingerprint density at radius 2 is 1.56 bits per heavy atom. The first-order valence-corrected chi connectivity index (χ1v) is 11.5. The molecule has 0 unspecified atom stereocenters. The molecule has 1 aromatic carbocycles. The number of fused-ring (bicyclic) bond motifs is 3. The van der Waals surface area contributed by atoms with E-state index in [9.17, 15) is 19.5 Å². The second-order valence-corrected chi connectivity index (χ2v) is 8.21. The maximum Gasteiger partial charge on any atom is 0.332 e. The lowest BCUT2D eigenvalue weighted by molar-refractivity contribution is 0.410. The van der Waals surface area contributed by atoms with Crippen LogP contribution in [0, 0.1) is 0 Å². The van der Waals surface area contributed by atoms with Crippen LogP contribution >= 0.6 is 0 Å². The van der Waals surface area contributed by atoms with E-state index in [1.54, 1.807) is 26.2 Å². The maximum atomic E-state index is 13.4. The van der Waals surface area contributed by atoms with Gasteiger partial charge in [-0.1, -0.05) is 32.9 Å². The van der Waals surface area contributed by atoms with Crippen molar-refractivity contribution in [1.82, 2.24) is 23.1 Å². The number of hydrogen-bond donors (Lipinski definition) is 1. The van der Waals surface area contributed by atoms with Crippen LogP contribution in [0.5, 0.6) is 11.6 Å². The lowest BCUT2D eigenvalue weighted by Crippen LogP contribution is -2.41. The van der Waals surface area contributed by atoms with Crippen molar-refractivity contribution < 1.29 is 9.84 Å². The van der Waals surface area contributed by atoms with Crippen LogP contribution in [-0.2, 0) is 26.1 Å². The van der Waals surface area contributed by atoms with E-state index in [2.05, 4.69) is 4.98 Å². The average molecular weight is 468 g/mol. The van der Waals surface area contributed by atoms with Crippen LogP contribution in [0.25, 0.3) is 16.9 Å². The molecule has 10 heteroatoms. The van der Waals surface area contributed by atoms with E-state index >= 15 is 0 Å². The van der Waals surface area contributed by atoms with Crippen molar-refractivity contribution in [3.05, 3.63) is 66.6 Å². The van der Waals surface area contributed by atoms with Crippen molar-refractivity contribution in [2.45, 2.75) is 59.7 Å². The first-order valence-electron chi connectivity index (χ1n) is 11.5. The maximum absolute atomic E-state index is 13.4. The van der Waals surface area contributed by atoms with Crippen LogP contribution in [0.15, 0.2) is 38.6 Å². The number of ether oxygens (including phenoxy) is 1. The zero-order chi connectivity index (χ0) is 24.6. The van der Waals surface area contributed by atoms with Gasteiger partial charge in [0.1, 0.15) is 5.75 Å². The van der Waals surface area contributed by atoms with E-state index < -0.39 is 16.8 Å². The SMILES string of the molecule is CCCn1c(=O)c2c(nc3n(Cc4ccc(OC)cc4)c(O)c(CC)c(=O)n23)n(CCC)c1=O. The minimum Gasteiger partial charge on any atom is -0.497 e. The summed E-state index contributed by atoms with van der Waals surface area (Å²) in [5.41, 5.74) is -0.288. The summed E-state index contributed by atoms with van der Waals surface area (Å²) < 4.78 is 10.6. The number of hydrogen-bond acceptors (Lipinski definition) is 6. The molecular formula is C24H29N5O5. The summed E-state index contributed by atoms with van der Waals surface area (Å²) in [4.78, 5) is 44.5. The Morgan fingerprint density at radius 1 is 0.912 bits per heavy atom. The predicted molar refractivity (Wildman–Crippen MR) is 129 cm³/mol. The van der Waals surface area contributed by atoms with Crippen LogP contribution in [0.1, 0.15) is 44.7 Å². The topological polar surface area (TPSA) is 113 Å². The lowest BCUT2D eigenvalue weighted by atomic mass is 10.2. The summed E-state index contributed by atoms with van der Waals surface area (Å²) in [7, 11) is 1.58. The van der Waals surface area contributed by atoms with Gasteiger partial charge in [-0.05, 0) is 37.0 Å². The van der Waals surface area contributed by atoms with E-state index in [1.165, 1.54) is 13.5 Å². The fraction of sp³-hybridized carbons (Fsp3) is 0.417. The minimum atomic E-state index is -0.553. The van der Waals surface area contributed by atoms with Crippen LogP contribution in [0.2, 0.25) is 0 Å². The molecule has 0 aliphatic carbocycles. The Hall–Kier alpha value is -3.82. The highest BCUT2D eigenvalue weighted by Crippen LogP contribution is 2.23. The third kappa shape index (κ3) is 3.59. The molecule has 0 atom stereocenters. The number of benzene rings is 1. The number of aromatic hydroxyl groups is 1. The summed E-state index contributed by atoms with van der Waals surface area (Å²) in [6.45, 7) is 6.36. The zero-order valence-corrected chi connectivity index (χ0v) is 19.9. The molecule has 34 heavy (non-hydrogen) atoms. The summed E-state index contributed by atoms with van der Waals surface area (Å²) in [6, 6.07) is 7.30. The van der Waals surface area contributed by atoms with Gasteiger partial charge in [-0.2, -0.15) is 4.98 Å². The Balaban J connectivity index is 2.13. The van der Waals surface area contributed by atoms with Crippen LogP contribution in [0.4, 0.5) is 0 Å². The molecule has 1 N–H and O–H groups in total. The third-order valence-corrected chi connectivity index (χ3v) is 5.98. The fourth-order valence-electron chi connectivity index (χ4n) is 4.30. The molecule has 0 aliphatic rings. The molecule has 10 nitrogen and oxygen atoms in total. The molecule has 0 aliphatic heterocycles. The Labute approximate surface area is 195 Å². The number of methoxy groups -OCH3 is 1. The molecule has 0 bridgehead atoms. The number of aryl methyl sites for hydroxylation is 1. The minimum absolute atomic E-state index is 0.0553. The summed E-state index contributed by atoms with van der Waals surface area (Å²) in [6.07, 6.45) is 1.50. The molecule has 4 aromatic rings. The smallest absolute Gasteiger partial charge is 0.332 e. The van der Waals surface area contributed by atoms with Gasteiger partial charge in [0.05, 0.1) is 19.2 Å². The molecular weight excluding hydrogens is 438 g/mol. The highest BCUT2D eigenvalue weighted by atomic mass is 16.5. The highest BCUT2D eigenvalue weighted by Gasteiger charge is 2.24. The van der Waals surface area contributed by atoms with Crippen molar-refractivity contribution in [3.8, 4) is 11.6 Å². The van der Waals surface area contributed by atoms with Gasteiger partial charge in [-0.25, -0.2) is 9.20 Å². The third-order valence-electron chi connectivity index (χ3n) is 5.98.